The molecule has 0 atom stereocenters. The summed E-state index contributed by atoms with van der Waals surface area (Å²) in [7, 11) is 2.80. The van der Waals surface area contributed by atoms with Gasteiger partial charge in [0.15, 0.2) is 11.5 Å². The Hall–Kier alpha value is -3.18. The molecule has 9 heteroatoms. The maximum absolute atomic E-state index is 12.8. The van der Waals surface area contributed by atoms with Crippen molar-refractivity contribution in [3.8, 4) is 17.6 Å². The van der Waals surface area contributed by atoms with E-state index >= 15 is 0 Å². The van der Waals surface area contributed by atoms with E-state index in [-0.39, 0.29) is 27.8 Å². The van der Waals surface area contributed by atoms with Crippen molar-refractivity contribution in [2.75, 3.05) is 19.5 Å². The molecular weight excluding hydrogens is 397 g/mol. The van der Waals surface area contributed by atoms with Crippen molar-refractivity contribution in [1.82, 2.24) is 0 Å². The minimum absolute atomic E-state index is 0.0914. The van der Waals surface area contributed by atoms with Crippen molar-refractivity contribution in [3.63, 3.8) is 0 Å². The number of methoxy groups -OCH3 is 2. The molecule has 0 unspecified atom stereocenters. The van der Waals surface area contributed by atoms with Gasteiger partial charge in [-0.2, -0.15) is 18.4 Å². The van der Waals surface area contributed by atoms with Crippen molar-refractivity contribution < 1.29 is 27.4 Å². The van der Waals surface area contributed by atoms with E-state index in [0.717, 1.165) is 18.2 Å². The largest absolute Gasteiger partial charge is 0.493 e. The van der Waals surface area contributed by atoms with Crippen LogP contribution in [0.2, 0.25) is 5.02 Å². The Morgan fingerprint density at radius 3 is 2.50 bits per heavy atom. The van der Waals surface area contributed by atoms with E-state index in [4.69, 9.17) is 21.1 Å². The molecule has 2 aromatic rings. The second kappa shape index (κ2) is 8.67. The fraction of sp³-hybridized carbons (Fsp3) is 0.158. The molecule has 146 valence electrons. The van der Waals surface area contributed by atoms with Crippen LogP contribution >= 0.6 is 11.6 Å². The van der Waals surface area contributed by atoms with Gasteiger partial charge in [-0.25, -0.2) is 0 Å². The third-order valence-electron chi connectivity index (χ3n) is 3.58. The van der Waals surface area contributed by atoms with Crippen LogP contribution in [-0.4, -0.2) is 20.1 Å². The minimum atomic E-state index is -4.55. The van der Waals surface area contributed by atoms with E-state index in [1.54, 1.807) is 6.07 Å². The fourth-order valence-corrected chi connectivity index (χ4v) is 2.60. The Morgan fingerprint density at radius 1 is 1.21 bits per heavy atom. The highest BCUT2D eigenvalue weighted by molar-refractivity contribution is 6.32. The van der Waals surface area contributed by atoms with Crippen molar-refractivity contribution in [3.05, 3.63) is 58.1 Å². The number of alkyl halides is 3. The van der Waals surface area contributed by atoms with E-state index in [1.165, 1.54) is 38.5 Å². The van der Waals surface area contributed by atoms with Gasteiger partial charge in [0.25, 0.3) is 5.91 Å². The van der Waals surface area contributed by atoms with Gasteiger partial charge in [-0.05, 0) is 42.0 Å². The molecule has 0 aromatic heterocycles. The van der Waals surface area contributed by atoms with E-state index in [2.05, 4.69) is 5.32 Å². The van der Waals surface area contributed by atoms with E-state index < -0.39 is 17.6 Å². The van der Waals surface area contributed by atoms with Crippen molar-refractivity contribution in [1.29, 1.82) is 5.26 Å². The third kappa shape index (κ3) is 4.96. The topological polar surface area (TPSA) is 71.3 Å². The molecule has 0 fully saturated rings. The van der Waals surface area contributed by atoms with Gasteiger partial charge >= 0.3 is 6.18 Å². The zero-order valence-electron chi connectivity index (χ0n) is 14.7. The molecule has 1 amide bonds. The van der Waals surface area contributed by atoms with E-state index in [1.807, 2.05) is 0 Å². The monoisotopic (exact) mass is 410 g/mol. The van der Waals surface area contributed by atoms with Crippen LogP contribution in [0.25, 0.3) is 6.08 Å². The summed E-state index contributed by atoms with van der Waals surface area (Å²) in [6.07, 6.45) is -3.32. The molecule has 0 saturated heterocycles. The van der Waals surface area contributed by atoms with E-state index in [0.29, 0.717) is 5.56 Å². The maximum atomic E-state index is 12.8. The van der Waals surface area contributed by atoms with Gasteiger partial charge in [-0.15, -0.1) is 0 Å². The lowest BCUT2D eigenvalue weighted by Crippen LogP contribution is -2.14. The van der Waals surface area contributed by atoms with E-state index in [9.17, 15) is 23.2 Å². The lowest BCUT2D eigenvalue weighted by atomic mass is 10.1. The van der Waals surface area contributed by atoms with Crippen LogP contribution in [0.4, 0.5) is 18.9 Å². The Morgan fingerprint density at radius 2 is 1.93 bits per heavy atom. The predicted molar refractivity (Wildman–Crippen MR) is 98.2 cm³/mol. The lowest BCUT2D eigenvalue weighted by Gasteiger charge is -2.11. The number of carbonyl (C=O) groups is 1. The number of hydrogen-bond acceptors (Lipinski definition) is 4. The normalized spacial score (nSPS) is 11.5. The van der Waals surface area contributed by atoms with Gasteiger partial charge in [0, 0.05) is 5.69 Å². The molecule has 2 aromatic carbocycles. The Kier molecular flexibility index (Phi) is 6.54. The first-order valence-electron chi connectivity index (χ1n) is 7.71. The van der Waals surface area contributed by atoms with Gasteiger partial charge in [0.05, 0.1) is 24.8 Å². The molecular formula is C19H14ClF3N2O3. The molecule has 28 heavy (non-hydrogen) atoms. The van der Waals surface area contributed by atoms with Crippen molar-refractivity contribution in [2.24, 2.45) is 0 Å². The van der Waals surface area contributed by atoms with Gasteiger partial charge in [-0.1, -0.05) is 17.7 Å². The quantitative estimate of drug-likeness (QED) is 0.561. The summed E-state index contributed by atoms with van der Waals surface area (Å²) in [5, 5.41) is 11.7. The van der Waals surface area contributed by atoms with Gasteiger partial charge < -0.3 is 14.8 Å². The van der Waals surface area contributed by atoms with Gasteiger partial charge in [0.1, 0.15) is 11.6 Å². The minimum Gasteiger partial charge on any atom is -0.493 e. The number of anilines is 1. The average molecular weight is 411 g/mol. The predicted octanol–water partition coefficient (Wildman–Crippen LogP) is 4.92. The molecule has 0 radical (unpaired) electrons. The number of benzene rings is 2. The van der Waals surface area contributed by atoms with Crippen LogP contribution in [0.15, 0.2) is 42.0 Å². The highest BCUT2D eigenvalue weighted by Gasteiger charge is 2.30. The second-order valence-electron chi connectivity index (χ2n) is 5.44. The third-order valence-corrected chi connectivity index (χ3v) is 3.86. The highest BCUT2D eigenvalue weighted by atomic mass is 35.5. The molecule has 0 heterocycles. The van der Waals surface area contributed by atoms with Crippen molar-refractivity contribution >= 4 is 29.3 Å². The molecule has 0 aliphatic carbocycles. The molecule has 1 N–H and O–H groups in total. The number of carbonyl (C=O) groups excluding carboxylic acids is 1. The molecule has 0 aliphatic heterocycles. The smallest absolute Gasteiger partial charge is 0.416 e. The number of amides is 1. The SMILES string of the molecule is COc1cc(/C=C(\C#N)C(=O)Nc2cccc(C(F)(F)F)c2)cc(Cl)c1OC. The van der Waals surface area contributed by atoms with Crippen LogP contribution in [0.1, 0.15) is 11.1 Å². The van der Waals surface area contributed by atoms with Crippen LogP contribution < -0.4 is 14.8 Å². The summed E-state index contributed by atoms with van der Waals surface area (Å²) < 4.78 is 48.6. The standard InChI is InChI=1S/C19H14ClF3N2O3/c1-27-16-8-11(7-15(20)17(16)28-2)6-12(10-24)18(26)25-14-5-3-4-13(9-14)19(21,22)23/h3-9H,1-2H3,(H,25,26)/b12-6+. The van der Waals surface area contributed by atoms with Crippen LogP contribution in [0, 0.1) is 11.3 Å². The molecule has 0 bridgehead atoms. The Labute approximate surface area is 163 Å². The summed E-state index contributed by atoms with van der Waals surface area (Å²) in [5.74, 6) is -0.294. The summed E-state index contributed by atoms with van der Waals surface area (Å²) in [6, 6.07) is 8.77. The Bertz CT molecular complexity index is 966. The molecule has 0 saturated carbocycles. The van der Waals surface area contributed by atoms with Crippen LogP contribution in [-0.2, 0) is 11.0 Å². The first kappa shape index (κ1) is 21.1. The number of hydrogen-bond donors (Lipinski definition) is 1. The first-order chi connectivity index (χ1) is 13.2. The molecule has 2 rings (SSSR count). The summed E-state index contributed by atoms with van der Waals surface area (Å²) >= 11 is 6.09. The van der Waals surface area contributed by atoms with Gasteiger partial charge in [0.2, 0.25) is 0 Å². The fourth-order valence-electron chi connectivity index (χ4n) is 2.31. The number of nitrogens with zero attached hydrogens (tertiary/aromatic N) is 1. The zero-order chi connectivity index (χ0) is 20.9. The highest BCUT2D eigenvalue weighted by Crippen LogP contribution is 2.36. The summed E-state index contributed by atoms with van der Waals surface area (Å²) in [5.41, 5.74) is -0.968. The number of ether oxygens (including phenoxy) is 2. The number of nitrogens with one attached hydrogen (secondary N) is 1. The number of nitriles is 1. The maximum Gasteiger partial charge on any atom is 0.416 e. The molecule has 0 aliphatic rings. The number of halogens is 4. The summed E-state index contributed by atoms with van der Waals surface area (Å²) in [4.78, 5) is 12.3. The lowest BCUT2D eigenvalue weighted by molar-refractivity contribution is -0.137. The van der Waals surface area contributed by atoms with Crippen molar-refractivity contribution in [2.45, 2.75) is 6.18 Å². The second-order valence-corrected chi connectivity index (χ2v) is 5.85. The summed E-state index contributed by atoms with van der Waals surface area (Å²) in [6.45, 7) is 0. The molecule has 5 nitrogen and oxygen atoms in total. The van der Waals surface area contributed by atoms with Crippen LogP contribution in [0.3, 0.4) is 0 Å². The molecule has 0 spiro atoms. The van der Waals surface area contributed by atoms with Crippen LogP contribution in [0.5, 0.6) is 11.5 Å². The van der Waals surface area contributed by atoms with Gasteiger partial charge in [-0.3, -0.25) is 4.79 Å². The zero-order valence-corrected chi connectivity index (χ0v) is 15.5. The first-order valence-corrected chi connectivity index (χ1v) is 8.09. The number of rotatable bonds is 5. The Balaban J connectivity index is 2.32. The average Bonchev–Trinajstić information content (AvgIpc) is 2.65.